The molecule has 0 aliphatic carbocycles. The molecule has 3 heteroatoms. The molecule has 1 aliphatic heterocycles. The molecule has 0 spiro atoms. The van der Waals surface area contributed by atoms with Crippen molar-refractivity contribution in [1.29, 1.82) is 0 Å². The molecular weight excluding hydrogens is 314 g/mol. The Morgan fingerprint density at radius 2 is 1.95 bits per heavy atom. The van der Waals surface area contributed by atoms with Crippen molar-refractivity contribution in [2.75, 3.05) is 20.2 Å². The minimum Gasteiger partial charge on any atom is -0.496 e. The number of methoxy groups -OCH3 is 1. The van der Waals surface area contributed by atoms with Gasteiger partial charge in [-0.05, 0) is 78.9 Å². The molecule has 0 unspecified atom stereocenters. The van der Waals surface area contributed by atoms with Gasteiger partial charge < -0.3 is 10.1 Å². The van der Waals surface area contributed by atoms with Crippen LogP contribution in [0.5, 0.6) is 5.75 Å². The molecule has 0 amide bonds. The first kappa shape index (κ1) is 13.9. The van der Waals surface area contributed by atoms with Crippen molar-refractivity contribution in [2.45, 2.75) is 19.3 Å². The minimum absolute atomic E-state index is 0.773. The number of nitrogens with one attached hydrogen (secondary N) is 1. The number of ether oxygens (including phenoxy) is 1. The van der Waals surface area contributed by atoms with Crippen molar-refractivity contribution >= 4 is 26.7 Å². The van der Waals surface area contributed by atoms with E-state index >= 15 is 0 Å². The monoisotopic (exact) mass is 333 g/mol. The third-order valence-corrected chi connectivity index (χ3v) is 4.66. The van der Waals surface area contributed by atoms with Crippen molar-refractivity contribution < 1.29 is 4.74 Å². The number of rotatable bonds is 3. The summed E-state index contributed by atoms with van der Waals surface area (Å²) in [5.41, 5.74) is 1.34. The zero-order valence-electron chi connectivity index (χ0n) is 11.8. The third kappa shape index (κ3) is 2.99. The Morgan fingerprint density at radius 3 is 2.70 bits per heavy atom. The van der Waals surface area contributed by atoms with E-state index in [9.17, 15) is 0 Å². The molecule has 2 nitrogen and oxygen atoms in total. The van der Waals surface area contributed by atoms with Crippen molar-refractivity contribution in [2.24, 2.45) is 5.92 Å². The molecule has 1 saturated heterocycles. The number of hydrogen-bond donors (Lipinski definition) is 1. The lowest BCUT2D eigenvalue weighted by atomic mass is 9.90. The molecule has 2 aromatic rings. The van der Waals surface area contributed by atoms with Gasteiger partial charge in [0, 0.05) is 4.47 Å². The summed E-state index contributed by atoms with van der Waals surface area (Å²) in [6.07, 6.45) is 3.65. The van der Waals surface area contributed by atoms with E-state index in [-0.39, 0.29) is 0 Å². The van der Waals surface area contributed by atoms with Crippen molar-refractivity contribution in [3.05, 3.63) is 40.4 Å². The average molecular weight is 334 g/mol. The fourth-order valence-electron chi connectivity index (χ4n) is 3.04. The Morgan fingerprint density at radius 1 is 1.15 bits per heavy atom. The maximum absolute atomic E-state index is 5.60. The highest BCUT2D eigenvalue weighted by Crippen LogP contribution is 2.31. The van der Waals surface area contributed by atoms with E-state index in [1.807, 2.05) is 0 Å². The van der Waals surface area contributed by atoms with E-state index in [1.54, 1.807) is 7.11 Å². The van der Waals surface area contributed by atoms with Crippen LogP contribution in [0.15, 0.2) is 34.8 Å². The Bertz CT molecular complexity index is 605. The lowest BCUT2D eigenvalue weighted by molar-refractivity contribution is 0.361. The van der Waals surface area contributed by atoms with Crippen molar-refractivity contribution in [1.82, 2.24) is 5.32 Å². The van der Waals surface area contributed by atoms with Crippen LogP contribution < -0.4 is 10.1 Å². The molecule has 0 aromatic heterocycles. The van der Waals surface area contributed by atoms with Crippen LogP contribution >= 0.6 is 15.9 Å². The summed E-state index contributed by atoms with van der Waals surface area (Å²) >= 11 is 3.55. The zero-order chi connectivity index (χ0) is 13.9. The van der Waals surface area contributed by atoms with E-state index in [1.165, 1.54) is 29.2 Å². The zero-order valence-corrected chi connectivity index (χ0v) is 13.4. The lowest BCUT2D eigenvalue weighted by Crippen LogP contribution is -2.28. The lowest BCUT2D eigenvalue weighted by Gasteiger charge is -2.23. The standard InChI is InChI=1S/C17H20BrNO/c1-20-17-11-13-2-3-16(18)10-14(13)9-15(17)8-12-4-6-19-7-5-12/h2-3,9-12,19H,4-8H2,1H3. The van der Waals surface area contributed by atoms with Crippen LogP contribution in [0, 0.1) is 5.92 Å². The molecule has 3 rings (SSSR count). The number of fused-ring (bicyclic) bond motifs is 1. The minimum atomic E-state index is 0.773. The van der Waals surface area contributed by atoms with Crippen LogP contribution in [0.2, 0.25) is 0 Å². The molecule has 1 fully saturated rings. The molecule has 0 saturated carbocycles. The molecule has 20 heavy (non-hydrogen) atoms. The first-order chi connectivity index (χ1) is 9.76. The molecular formula is C17H20BrNO. The molecule has 0 bridgehead atoms. The quantitative estimate of drug-likeness (QED) is 0.910. The van der Waals surface area contributed by atoms with Crippen LogP contribution in [0.25, 0.3) is 10.8 Å². The van der Waals surface area contributed by atoms with Crippen LogP contribution in [0.4, 0.5) is 0 Å². The number of benzene rings is 2. The van der Waals surface area contributed by atoms with Gasteiger partial charge in [0.05, 0.1) is 7.11 Å². The first-order valence-corrected chi connectivity index (χ1v) is 8.02. The normalized spacial score (nSPS) is 16.5. The van der Waals surface area contributed by atoms with Gasteiger partial charge in [0.2, 0.25) is 0 Å². The van der Waals surface area contributed by atoms with Gasteiger partial charge in [-0.1, -0.05) is 22.0 Å². The Labute approximate surface area is 128 Å². The highest BCUT2D eigenvalue weighted by atomic mass is 79.9. The molecule has 1 heterocycles. The van der Waals surface area contributed by atoms with E-state index in [4.69, 9.17) is 4.74 Å². The first-order valence-electron chi connectivity index (χ1n) is 7.23. The number of hydrogen-bond acceptors (Lipinski definition) is 2. The maximum atomic E-state index is 5.60. The second-order valence-electron chi connectivity index (χ2n) is 5.55. The summed E-state index contributed by atoms with van der Waals surface area (Å²) in [4.78, 5) is 0. The summed E-state index contributed by atoms with van der Waals surface area (Å²) in [6.45, 7) is 2.29. The van der Waals surface area contributed by atoms with E-state index in [0.29, 0.717) is 0 Å². The maximum Gasteiger partial charge on any atom is 0.122 e. The number of halogens is 1. The smallest absolute Gasteiger partial charge is 0.122 e. The molecule has 106 valence electrons. The van der Waals surface area contributed by atoms with Gasteiger partial charge in [-0.15, -0.1) is 0 Å². The SMILES string of the molecule is COc1cc2ccc(Br)cc2cc1CC1CCNCC1. The van der Waals surface area contributed by atoms with Gasteiger partial charge in [-0.3, -0.25) is 0 Å². The summed E-state index contributed by atoms with van der Waals surface area (Å²) in [6, 6.07) is 10.9. The fourth-order valence-corrected chi connectivity index (χ4v) is 3.42. The third-order valence-electron chi connectivity index (χ3n) is 4.17. The van der Waals surface area contributed by atoms with Gasteiger partial charge >= 0.3 is 0 Å². The fraction of sp³-hybridized carbons (Fsp3) is 0.412. The van der Waals surface area contributed by atoms with E-state index in [0.717, 1.165) is 35.7 Å². The topological polar surface area (TPSA) is 21.3 Å². The van der Waals surface area contributed by atoms with Gasteiger partial charge in [0.25, 0.3) is 0 Å². The highest BCUT2D eigenvalue weighted by molar-refractivity contribution is 9.10. The summed E-state index contributed by atoms with van der Waals surface area (Å²) in [5, 5.41) is 5.95. The number of piperidine rings is 1. The molecule has 1 aliphatic rings. The summed E-state index contributed by atoms with van der Waals surface area (Å²) < 4.78 is 6.73. The Balaban J connectivity index is 1.94. The predicted molar refractivity (Wildman–Crippen MR) is 87.5 cm³/mol. The second-order valence-corrected chi connectivity index (χ2v) is 6.47. The highest BCUT2D eigenvalue weighted by Gasteiger charge is 2.16. The van der Waals surface area contributed by atoms with Crippen LogP contribution in [-0.4, -0.2) is 20.2 Å². The predicted octanol–water partition coefficient (Wildman–Crippen LogP) is 4.15. The molecule has 0 atom stereocenters. The second kappa shape index (κ2) is 6.15. The summed E-state index contributed by atoms with van der Waals surface area (Å²) in [5.74, 6) is 1.80. The Kier molecular flexibility index (Phi) is 4.27. The van der Waals surface area contributed by atoms with Gasteiger partial charge in [0.1, 0.15) is 5.75 Å². The van der Waals surface area contributed by atoms with Crippen LogP contribution in [0.3, 0.4) is 0 Å². The van der Waals surface area contributed by atoms with Gasteiger partial charge in [0.15, 0.2) is 0 Å². The average Bonchev–Trinajstić information content (AvgIpc) is 2.47. The van der Waals surface area contributed by atoms with Crippen molar-refractivity contribution in [3.8, 4) is 5.75 Å². The van der Waals surface area contributed by atoms with Crippen LogP contribution in [-0.2, 0) is 6.42 Å². The van der Waals surface area contributed by atoms with E-state index in [2.05, 4.69) is 51.6 Å². The summed E-state index contributed by atoms with van der Waals surface area (Å²) in [7, 11) is 1.77. The molecule has 2 aromatic carbocycles. The van der Waals surface area contributed by atoms with Gasteiger partial charge in [-0.2, -0.15) is 0 Å². The Hall–Kier alpha value is -1.06. The van der Waals surface area contributed by atoms with Crippen LogP contribution in [0.1, 0.15) is 18.4 Å². The molecule has 0 radical (unpaired) electrons. The van der Waals surface area contributed by atoms with Gasteiger partial charge in [-0.25, -0.2) is 0 Å². The van der Waals surface area contributed by atoms with Crippen molar-refractivity contribution in [3.63, 3.8) is 0 Å². The molecule has 1 N–H and O–H groups in total. The largest absolute Gasteiger partial charge is 0.496 e. The van der Waals surface area contributed by atoms with E-state index < -0.39 is 0 Å².